The summed E-state index contributed by atoms with van der Waals surface area (Å²) in [7, 11) is 0. The first-order valence-corrected chi connectivity index (χ1v) is 11.8. The van der Waals surface area contributed by atoms with Gasteiger partial charge in [0.15, 0.2) is 6.29 Å². The summed E-state index contributed by atoms with van der Waals surface area (Å²) in [5.41, 5.74) is 1.99. The molecule has 2 aliphatic rings. The van der Waals surface area contributed by atoms with Gasteiger partial charge in [-0.15, -0.1) is 0 Å². The van der Waals surface area contributed by atoms with E-state index < -0.39 is 18.5 Å². The third-order valence-electron chi connectivity index (χ3n) is 5.58. The average molecular weight is 441 g/mol. The molecular weight excluding hydrogens is 404 g/mol. The fourth-order valence-corrected chi connectivity index (χ4v) is 3.77. The number of hydrogen-bond acceptors (Lipinski definition) is 5. The highest BCUT2D eigenvalue weighted by Gasteiger charge is 2.31. The molecule has 0 spiro atoms. The van der Waals surface area contributed by atoms with E-state index in [-0.39, 0.29) is 5.97 Å². The first kappa shape index (κ1) is 24.4. The molecule has 3 atom stereocenters. The summed E-state index contributed by atoms with van der Waals surface area (Å²) in [6.07, 6.45) is 14.6. The number of carbonyl (C=O) groups is 1. The highest BCUT2D eigenvalue weighted by molar-refractivity contribution is 5.69. The lowest BCUT2D eigenvalue weighted by Gasteiger charge is -2.32. The summed E-state index contributed by atoms with van der Waals surface area (Å²) in [5, 5.41) is 0. The molecule has 5 heteroatoms. The third-order valence-corrected chi connectivity index (χ3v) is 5.58. The molecule has 0 aromatic heterocycles. The lowest BCUT2D eigenvalue weighted by Crippen LogP contribution is -2.42. The zero-order chi connectivity index (χ0) is 22.4. The molecule has 174 valence electrons. The molecule has 0 saturated heterocycles. The lowest BCUT2D eigenvalue weighted by molar-refractivity contribution is -0.199. The van der Waals surface area contributed by atoms with Crippen LogP contribution in [0.5, 0.6) is 0 Å². The molecule has 0 amide bonds. The van der Waals surface area contributed by atoms with Crippen molar-refractivity contribution in [2.24, 2.45) is 0 Å². The fourth-order valence-electron chi connectivity index (χ4n) is 3.77. The summed E-state index contributed by atoms with van der Waals surface area (Å²) in [5.74, 6) is -0.189. The quantitative estimate of drug-likeness (QED) is 0.448. The molecule has 1 aromatic carbocycles. The van der Waals surface area contributed by atoms with Gasteiger partial charge in [-0.25, -0.2) is 0 Å². The summed E-state index contributed by atoms with van der Waals surface area (Å²) in [4.78, 5) is 12.4. The van der Waals surface area contributed by atoms with E-state index in [1.807, 2.05) is 48.6 Å². The molecule has 0 bridgehead atoms. The average Bonchev–Trinajstić information content (AvgIpc) is 2.80. The normalized spacial score (nSPS) is 27.6. The number of carbonyl (C=O) groups excluding carboxylic acids is 1. The molecule has 0 fully saturated rings. The molecule has 5 nitrogen and oxygen atoms in total. The van der Waals surface area contributed by atoms with Gasteiger partial charge in [-0.2, -0.15) is 0 Å². The van der Waals surface area contributed by atoms with Gasteiger partial charge in [0.05, 0.1) is 19.8 Å². The van der Waals surface area contributed by atoms with Crippen molar-refractivity contribution in [1.29, 1.82) is 0 Å². The second-order valence-corrected chi connectivity index (χ2v) is 8.41. The Morgan fingerprint density at radius 1 is 1.00 bits per heavy atom. The third kappa shape index (κ3) is 9.11. The maximum absolute atomic E-state index is 12.4. The number of allylic oxidation sites excluding steroid dienone is 1. The molecule has 32 heavy (non-hydrogen) atoms. The molecule has 0 radical (unpaired) electrons. The highest BCUT2D eigenvalue weighted by Crippen LogP contribution is 2.20. The minimum atomic E-state index is -0.514. The van der Waals surface area contributed by atoms with Crippen LogP contribution in [0.4, 0.5) is 0 Å². The minimum Gasteiger partial charge on any atom is -0.455 e. The maximum Gasteiger partial charge on any atom is 0.306 e. The van der Waals surface area contributed by atoms with Gasteiger partial charge in [0, 0.05) is 6.42 Å². The summed E-state index contributed by atoms with van der Waals surface area (Å²) in [6.45, 7) is 5.21. The smallest absolute Gasteiger partial charge is 0.306 e. The van der Waals surface area contributed by atoms with Crippen LogP contribution < -0.4 is 0 Å². The number of hydrogen-bond donors (Lipinski definition) is 0. The lowest BCUT2D eigenvalue weighted by atomic mass is 10.1. The monoisotopic (exact) mass is 440 g/mol. The zero-order valence-electron chi connectivity index (χ0n) is 19.0. The number of benzene rings is 1. The number of fused-ring (bicyclic) bond motifs is 1. The van der Waals surface area contributed by atoms with E-state index in [1.54, 1.807) is 0 Å². The van der Waals surface area contributed by atoms with Crippen LogP contribution in [-0.4, -0.2) is 37.7 Å². The number of esters is 1. The predicted octanol–water partition coefficient (Wildman–Crippen LogP) is 5.66. The van der Waals surface area contributed by atoms with Gasteiger partial charge >= 0.3 is 5.97 Å². The van der Waals surface area contributed by atoms with Crippen molar-refractivity contribution >= 4 is 5.97 Å². The van der Waals surface area contributed by atoms with Crippen molar-refractivity contribution in [2.75, 3.05) is 13.2 Å². The number of rotatable bonds is 3. The van der Waals surface area contributed by atoms with Crippen LogP contribution in [0.3, 0.4) is 0 Å². The topological polar surface area (TPSA) is 54.0 Å². The van der Waals surface area contributed by atoms with Crippen LogP contribution in [0, 0.1) is 0 Å². The van der Waals surface area contributed by atoms with E-state index in [4.69, 9.17) is 18.9 Å². The molecule has 0 saturated carbocycles. The van der Waals surface area contributed by atoms with E-state index in [2.05, 4.69) is 12.7 Å². The minimum absolute atomic E-state index is 0.189. The van der Waals surface area contributed by atoms with Crippen LogP contribution in [0.25, 0.3) is 0 Å². The van der Waals surface area contributed by atoms with Crippen molar-refractivity contribution in [3.8, 4) is 0 Å². The first-order valence-electron chi connectivity index (χ1n) is 11.8. The molecule has 2 aliphatic heterocycles. The molecule has 3 rings (SSSR count). The molecule has 1 aromatic rings. The Balaban J connectivity index is 1.58. The van der Waals surface area contributed by atoms with Gasteiger partial charge in [0.25, 0.3) is 0 Å². The second kappa shape index (κ2) is 14.0. The van der Waals surface area contributed by atoms with Crippen molar-refractivity contribution in [3.63, 3.8) is 0 Å². The number of ether oxygens (including phenoxy) is 4. The van der Waals surface area contributed by atoms with Gasteiger partial charge in [0.2, 0.25) is 0 Å². The van der Waals surface area contributed by atoms with Gasteiger partial charge in [0.1, 0.15) is 12.2 Å². The van der Waals surface area contributed by atoms with E-state index in [0.717, 1.165) is 36.8 Å². The van der Waals surface area contributed by atoms with Gasteiger partial charge in [-0.1, -0.05) is 74.7 Å². The van der Waals surface area contributed by atoms with Crippen LogP contribution in [0.2, 0.25) is 0 Å². The molecule has 0 unspecified atom stereocenters. The van der Waals surface area contributed by atoms with Crippen LogP contribution in [-0.2, 0) is 30.3 Å². The maximum atomic E-state index is 12.4. The largest absolute Gasteiger partial charge is 0.455 e. The van der Waals surface area contributed by atoms with Crippen molar-refractivity contribution in [3.05, 3.63) is 72.4 Å². The van der Waals surface area contributed by atoms with E-state index >= 15 is 0 Å². The van der Waals surface area contributed by atoms with Crippen molar-refractivity contribution in [2.45, 2.75) is 76.5 Å². The Morgan fingerprint density at radius 2 is 1.78 bits per heavy atom. The standard InChI is InChI=1S/C27H36O5/c1-22-13-9-6-4-2-3-5-7-12-16-26(28)31-24-17-18-27(32-25(24)21-29-19-22)30-20-23-14-10-8-11-15-23/h8-11,13-15,17-18,24-25,27H,1-7,12,16,19-21H2/b13-9+/t24-,25+,27-/m0/s1. The van der Waals surface area contributed by atoms with Crippen molar-refractivity contribution < 1.29 is 23.7 Å². The second-order valence-electron chi connectivity index (χ2n) is 8.41. The van der Waals surface area contributed by atoms with Crippen LogP contribution in [0.1, 0.15) is 56.9 Å². The Hall–Kier alpha value is -2.21. The Kier molecular flexibility index (Phi) is 10.7. The summed E-state index contributed by atoms with van der Waals surface area (Å²) < 4.78 is 23.5. The van der Waals surface area contributed by atoms with Gasteiger partial charge in [-0.3, -0.25) is 4.79 Å². The van der Waals surface area contributed by atoms with Gasteiger partial charge in [-0.05, 0) is 42.6 Å². The Labute approximate surface area is 192 Å². The summed E-state index contributed by atoms with van der Waals surface area (Å²) >= 11 is 0. The molecule has 0 N–H and O–H groups in total. The highest BCUT2D eigenvalue weighted by atomic mass is 16.7. The summed E-state index contributed by atoms with van der Waals surface area (Å²) in [6, 6.07) is 9.95. The van der Waals surface area contributed by atoms with E-state index in [1.165, 1.54) is 19.3 Å². The predicted molar refractivity (Wildman–Crippen MR) is 125 cm³/mol. The first-order chi connectivity index (χ1) is 15.7. The molecular formula is C27H36O5. The van der Waals surface area contributed by atoms with Crippen LogP contribution in [0.15, 0.2) is 66.8 Å². The fraction of sp³-hybridized carbons (Fsp3) is 0.519. The van der Waals surface area contributed by atoms with E-state index in [9.17, 15) is 4.79 Å². The Bertz CT molecular complexity index is 755. The van der Waals surface area contributed by atoms with Crippen molar-refractivity contribution in [1.82, 2.24) is 0 Å². The molecule has 0 aliphatic carbocycles. The molecule has 2 heterocycles. The Morgan fingerprint density at radius 3 is 2.62 bits per heavy atom. The SMILES string of the molecule is C=C1/C=C/CCCCCCCCC(=O)O[C@H]2C=C[C@@H](OCc3ccccc3)O[C@@H]2COC1. The van der Waals surface area contributed by atoms with Crippen LogP contribution >= 0.6 is 0 Å². The van der Waals surface area contributed by atoms with E-state index in [0.29, 0.717) is 26.2 Å². The zero-order valence-corrected chi connectivity index (χ0v) is 19.0. The van der Waals surface area contributed by atoms with Gasteiger partial charge < -0.3 is 18.9 Å².